The van der Waals surface area contributed by atoms with Crippen LogP contribution in [0.5, 0.6) is 0 Å². The van der Waals surface area contributed by atoms with Crippen LogP contribution in [0.4, 0.5) is 0 Å². The molecule has 0 spiro atoms. The van der Waals surface area contributed by atoms with Gasteiger partial charge in [-0.25, -0.2) is 16.8 Å². The van der Waals surface area contributed by atoms with Gasteiger partial charge in [0.15, 0.2) is 0 Å². The minimum atomic E-state index is -3.30. The number of rotatable bonds is 7. The standard InChI is InChI=1S/C7H14ClNO3S.C5H10O.C3H6Cl2O2S/c8-2-1-7-13(10,11)9-3-5-12-6-4-9;1-2-4-6-5-3-1;4-2-1-3-8(5,6)7/h1-7H2;1-5H2;1-3H2. The molecule has 2 rings (SSSR count). The lowest BCUT2D eigenvalue weighted by molar-refractivity contribution is 0.0730. The first-order valence-electron chi connectivity index (χ1n) is 8.90. The van der Waals surface area contributed by atoms with Gasteiger partial charge in [0.05, 0.1) is 24.7 Å². The van der Waals surface area contributed by atoms with Crippen molar-refractivity contribution in [2.45, 2.75) is 32.1 Å². The summed E-state index contributed by atoms with van der Waals surface area (Å²) in [4.78, 5) is 0. The van der Waals surface area contributed by atoms with Gasteiger partial charge in [0.25, 0.3) is 0 Å². The predicted octanol–water partition coefficient (Wildman–Crippen LogP) is 2.65. The average molecular weight is 491 g/mol. The van der Waals surface area contributed by atoms with Crippen molar-refractivity contribution < 1.29 is 26.3 Å². The molecule has 164 valence electrons. The molecule has 0 aromatic rings. The van der Waals surface area contributed by atoms with Crippen molar-refractivity contribution in [1.82, 2.24) is 4.31 Å². The van der Waals surface area contributed by atoms with Gasteiger partial charge >= 0.3 is 0 Å². The fourth-order valence-electron chi connectivity index (χ4n) is 2.10. The molecule has 2 heterocycles. The highest BCUT2D eigenvalue weighted by molar-refractivity contribution is 8.13. The zero-order chi connectivity index (χ0) is 20.6. The normalized spacial score (nSPS) is 18.6. The van der Waals surface area contributed by atoms with E-state index in [1.807, 2.05) is 0 Å². The molecule has 2 saturated heterocycles. The van der Waals surface area contributed by atoms with Gasteiger partial charge in [-0.1, -0.05) is 0 Å². The van der Waals surface area contributed by atoms with Crippen LogP contribution in [0, 0.1) is 0 Å². The number of ether oxygens (including phenoxy) is 2. The van der Waals surface area contributed by atoms with Crippen LogP contribution in [0.15, 0.2) is 0 Å². The van der Waals surface area contributed by atoms with E-state index in [2.05, 4.69) is 0 Å². The summed E-state index contributed by atoms with van der Waals surface area (Å²) in [5.74, 6) is 0.851. The Labute approximate surface area is 178 Å². The van der Waals surface area contributed by atoms with Gasteiger partial charge < -0.3 is 9.47 Å². The van der Waals surface area contributed by atoms with Crippen molar-refractivity contribution in [3.05, 3.63) is 0 Å². The van der Waals surface area contributed by atoms with Crippen molar-refractivity contribution >= 4 is 53.0 Å². The molecule has 0 aliphatic carbocycles. The number of morpholine rings is 1. The molecule has 2 aliphatic rings. The highest BCUT2D eigenvalue weighted by Crippen LogP contribution is 2.07. The monoisotopic (exact) mass is 489 g/mol. The lowest BCUT2D eigenvalue weighted by atomic mass is 10.2. The molecule has 0 radical (unpaired) electrons. The summed E-state index contributed by atoms with van der Waals surface area (Å²) >= 11 is 10.6. The first-order valence-corrected chi connectivity index (χ1v) is 14.1. The first kappa shape index (κ1) is 27.6. The summed E-state index contributed by atoms with van der Waals surface area (Å²) in [7, 11) is -1.55. The Morgan fingerprint density at radius 1 is 0.741 bits per heavy atom. The Kier molecular flexibility index (Phi) is 16.8. The van der Waals surface area contributed by atoms with Crippen LogP contribution < -0.4 is 0 Å². The lowest BCUT2D eigenvalue weighted by Gasteiger charge is -2.25. The van der Waals surface area contributed by atoms with E-state index in [4.69, 9.17) is 43.4 Å². The van der Waals surface area contributed by atoms with Crippen molar-refractivity contribution in [3.63, 3.8) is 0 Å². The van der Waals surface area contributed by atoms with Gasteiger partial charge in [-0.3, -0.25) is 0 Å². The molecule has 0 aromatic heterocycles. The molecule has 0 atom stereocenters. The number of halogens is 3. The van der Waals surface area contributed by atoms with Crippen LogP contribution in [-0.4, -0.2) is 83.9 Å². The van der Waals surface area contributed by atoms with E-state index in [0.717, 1.165) is 13.2 Å². The molecular formula is C15H30Cl3NO6S2. The number of hydrogen-bond donors (Lipinski definition) is 0. The van der Waals surface area contributed by atoms with Crippen molar-refractivity contribution in [1.29, 1.82) is 0 Å². The second kappa shape index (κ2) is 16.4. The molecule has 0 saturated carbocycles. The zero-order valence-corrected chi connectivity index (χ0v) is 19.4. The van der Waals surface area contributed by atoms with E-state index in [1.54, 1.807) is 0 Å². The third-order valence-electron chi connectivity index (χ3n) is 3.50. The maximum absolute atomic E-state index is 11.6. The Bertz CT molecular complexity index is 538. The van der Waals surface area contributed by atoms with Gasteiger partial charge in [0, 0.05) is 48.7 Å². The largest absolute Gasteiger partial charge is 0.381 e. The lowest BCUT2D eigenvalue weighted by Crippen LogP contribution is -2.41. The molecule has 0 unspecified atom stereocenters. The predicted molar refractivity (Wildman–Crippen MR) is 111 cm³/mol. The maximum Gasteiger partial charge on any atom is 0.232 e. The van der Waals surface area contributed by atoms with Gasteiger partial charge in [-0.15, -0.1) is 23.2 Å². The van der Waals surface area contributed by atoms with Crippen molar-refractivity contribution in [2.24, 2.45) is 0 Å². The Balaban J connectivity index is 0.000000412. The number of nitrogens with zero attached hydrogens (tertiary/aromatic N) is 1. The first-order chi connectivity index (χ1) is 12.7. The summed E-state index contributed by atoms with van der Waals surface area (Å²) in [5, 5.41) is 0. The summed E-state index contributed by atoms with van der Waals surface area (Å²) in [6.07, 6.45) is 4.87. The maximum atomic E-state index is 11.6. The number of alkyl halides is 2. The molecule has 12 heteroatoms. The van der Waals surface area contributed by atoms with Crippen LogP contribution in [0.25, 0.3) is 0 Å². The average Bonchev–Trinajstić information content (AvgIpc) is 2.67. The zero-order valence-electron chi connectivity index (χ0n) is 15.5. The second-order valence-electron chi connectivity index (χ2n) is 5.83. The summed E-state index contributed by atoms with van der Waals surface area (Å²) < 4.78 is 54.9. The molecule has 0 N–H and O–H groups in total. The quantitative estimate of drug-likeness (QED) is 0.402. The van der Waals surface area contributed by atoms with Crippen molar-refractivity contribution in [2.75, 3.05) is 62.8 Å². The smallest absolute Gasteiger partial charge is 0.232 e. The van der Waals surface area contributed by atoms with E-state index >= 15 is 0 Å². The van der Waals surface area contributed by atoms with E-state index in [-0.39, 0.29) is 11.5 Å². The van der Waals surface area contributed by atoms with Gasteiger partial charge in [0.1, 0.15) is 0 Å². The summed E-state index contributed by atoms with van der Waals surface area (Å²) in [6.45, 7) is 3.95. The van der Waals surface area contributed by atoms with Crippen LogP contribution in [0.3, 0.4) is 0 Å². The van der Waals surface area contributed by atoms with Crippen LogP contribution in [0.2, 0.25) is 0 Å². The highest BCUT2D eigenvalue weighted by Gasteiger charge is 2.23. The van der Waals surface area contributed by atoms with E-state index < -0.39 is 19.1 Å². The summed E-state index contributed by atoms with van der Waals surface area (Å²) in [5.41, 5.74) is 0. The van der Waals surface area contributed by atoms with Gasteiger partial charge in [0.2, 0.25) is 19.1 Å². The molecular weight excluding hydrogens is 461 g/mol. The fourth-order valence-corrected chi connectivity index (χ4v) is 4.98. The Morgan fingerprint density at radius 3 is 1.56 bits per heavy atom. The molecule has 7 nitrogen and oxygen atoms in total. The second-order valence-corrected chi connectivity index (χ2v) is 11.6. The molecule has 0 bridgehead atoms. The fraction of sp³-hybridized carbons (Fsp3) is 1.00. The molecule has 27 heavy (non-hydrogen) atoms. The van der Waals surface area contributed by atoms with Gasteiger partial charge in [-0.2, -0.15) is 4.31 Å². The highest BCUT2D eigenvalue weighted by atomic mass is 35.7. The molecule has 2 fully saturated rings. The summed E-state index contributed by atoms with van der Waals surface area (Å²) in [6, 6.07) is 0. The molecule has 0 amide bonds. The van der Waals surface area contributed by atoms with E-state index in [1.165, 1.54) is 23.6 Å². The molecule has 0 aromatic carbocycles. The SMILES string of the molecule is C1CCOCC1.O=S(=O)(CCCCl)N1CCOCC1.O=S(=O)(Cl)CCCCl. The Morgan fingerprint density at radius 2 is 1.22 bits per heavy atom. The number of hydrogen-bond acceptors (Lipinski definition) is 6. The van der Waals surface area contributed by atoms with Crippen LogP contribution in [-0.2, 0) is 28.5 Å². The minimum Gasteiger partial charge on any atom is -0.381 e. The minimum absolute atomic E-state index is 0.0297. The third kappa shape index (κ3) is 17.2. The number of sulfonamides is 1. The van der Waals surface area contributed by atoms with Crippen LogP contribution >= 0.6 is 33.9 Å². The topological polar surface area (TPSA) is 90.0 Å². The van der Waals surface area contributed by atoms with E-state index in [0.29, 0.717) is 50.9 Å². The van der Waals surface area contributed by atoms with Crippen LogP contribution in [0.1, 0.15) is 32.1 Å². The van der Waals surface area contributed by atoms with Crippen molar-refractivity contribution in [3.8, 4) is 0 Å². The third-order valence-corrected chi connectivity index (χ3v) is 7.23. The van der Waals surface area contributed by atoms with Gasteiger partial charge in [-0.05, 0) is 32.1 Å². The Hall–Kier alpha value is 0.650. The molecule has 2 aliphatic heterocycles. The van der Waals surface area contributed by atoms with E-state index in [9.17, 15) is 16.8 Å².